The fraction of sp³-hybridized carbons (Fsp3) is 0.185. The van der Waals surface area contributed by atoms with Gasteiger partial charge in [-0.2, -0.15) is 0 Å². The monoisotopic (exact) mass is 586 g/mol. The Balaban J connectivity index is 1.56. The van der Waals surface area contributed by atoms with Gasteiger partial charge >= 0.3 is 6.03 Å². The Hall–Kier alpha value is -3.40. The maximum Gasteiger partial charge on any atom is 0.329 e. The van der Waals surface area contributed by atoms with Gasteiger partial charge in [-0.05, 0) is 71.8 Å². The summed E-state index contributed by atoms with van der Waals surface area (Å²) < 4.78 is 26.7. The van der Waals surface area contributed by atoms with Crippen molar-refractivity contribution in [3.05, 3.63) is 98.0 Å². The van der Waals surface area contributed by atoms with Crippen molar-refractivity contribution in [1.82, 2.24) is 10.2 Å². The number of halogens is 2. The number of hydrogen-bond acceptors (Lipinski definition) is 4. The van der Waals surface area contributed by atoms with E-state index in [4.69, 9.17) is 9.47 Å². The van der Waals surface area contributed by atoms with Crippen molar-refractivity contribution in [3.63, 3.8) is 0 Å². The van der Waals surface area contributed by atoms with Crippen LogP contribution in [0.5, 0.6) is 11.5 Å². The van der Waals surface area contributed by atoms with E-state index in [2.05, 4.69) is 34.0 Å². The Morgan fingerprint density at radius 1 is 1.06 bits per heavy atom. The fourth-order valence-corrected chi connectivity index (χ4v) is 4.49. The zero-order valence-corrected chi connectivity index (χ0v) is 21.5. The summed E-state index contributed by atoms with van der Waals surface area (Å²) in [5.41, 5.74) is 3.24. The lowest BCUT2D eigenvalue weighted by Gasteiger charge is -2.15. The molecule has 0 spiro atoms. The molecule has 0 unspecified atom stereocenters. The van der Waals surface area contributed by atoms with E-state index in [1.807, 2.05) is 38.1 Å². The third-order valence-electron chi connectivity index (χ3n) is 5.36. The SMILES string of the molecule is CCOc1cc(/C=C2/NC(=O)N(Cc3ccccc3F)C2=O)cc(I)c1OCc1cccc(C)c1. The number of imide groups is 1. The zero-order valence-electron chi connectivity index (χ0n) is 19.3. The number of benzene rings is 3. The molecule has 0 aliphatic carbocycles. The van der Waals surface area contributed by atoms with Crippen molar-refractivity contribution < 1.29 is 23.5 Å². The Bertz CT molecular complexity index is 1310. The molecule has 1 aliphatic rings. The molecule has 1 saturated heterocycles. The van der Waals surface area contributed by atoms with Crippen LogP contribution >= 0.6 is 22.6 Å². The van der Waals surface area contributed by atoms with Crippen LogP contribution < -0.4 is 14.8 Å². The largest absolute Gasteiger partial charge is 0.490 e. The first-order valence-electron chi connectivity index (χ1n) is 11.1. The van der Waals surface area contributed by atoms with Crippen LogP contribution in [0.2, 0.25) is 0 Å². The topological polar surface area (TPSA) is 67.9 Å². The molecule has 1 heterocycles. The summed E-state index contributed by atoms with van der Waals surface area (Å²) >= 11 is 2.16. The molecular weight excluding hydrogens is 562 g/mol. The van der Waals surface area contributed by atoms with E-state index < -0.39 is 17.8 Å². The molecule has 1 fully saturated rings. The lowest BCUT2D eigenvalue weighted by atomic mass is 10.1. The van der Waals surface area contributed by atoms with Crippen molar-refractivity contribution in [2.24, 2.45) is 0 Å². The maximum atomic E-state index is 14.0. The van der Waals surface area contributed by atoms with Gasteiger partial charge in [0.15, 0.2) is 11.5 Å². The van der Waals surface area contributed by atoms with E-state index >= 15 is 0 Å². The van der Waals surface area contributed by atoms with Crippen molar-refractivity contribution in [2.45, 2.75) is 27.0 Å². The van der Waals surface area contributed by atoms with Crippen molar-refractivity contribution in [2.75, 3.05) is 6.61 Å². The molecule has 0 atom stereocenters. The second kappa shape index (κ2) is 10.9. The Labute approximate surface area is 216 Å². The molecule has 3 aromatic carbocycles. The number of rotatable bonds is 8. The van der Waals surface area contributed by atoms with Crippen LogP contribution in [0.1, 0.15) is 29.2 Å². The normalized spacial score (nSPS) is 14.4. The molecule has 6 nitrogen and oxygen atoms in total. The van der Waals surface area contributed by atoms with E-state index in [0.717, 1.165) is 19.6 Å². The number of hydrogen-bond donors (Lipinski definition) is 1. The molecule has 180 valence electrons. The second-order valence-electron chi connectivity index (χ2n) is 8.01. The van der Waals surface area contributed by atoms with Gasteiger partial charge in [-0.1, -0.05) is 48.0 Å². The van der Waals surface area contributed by atoms with Gasteiger partial charge in [-0.25, -0.2) is 9.18 Å². The number of nitrogens with zero attached hydrogens (tertiary/aromatic N) is 1. The highest BCUT2D eigenvalue weighted by atomic mass is 127. The van der Waals surface area contributed by atoms with Crippen LogP contribution in [0.4, 0.5) is 9.18 Å². The molecule has 8 heteroatoms. The van der Waals surface area contributed by atoms with E-state index in [-0.39, 0.29) is 17.8 Å². The quantitative estimate of drug-likeness (QED) is 0.206. The van der Waals surface area contributed by atoms with Crippen LogP contribution in [0.25, 0.3) is 6.08 Å². The third kappa shape index (κ3) is 5.82. The van der Waals surface area contributed by atoms with Crippen LogP contribution in [-0.2, 0) is 17.9 Å². The Morgan fingerprint density at radius 3 is 2.60 bits per heavy atom. The molecule has 1 aliphatic heterocycles. The van der Waals surface area contributed by atoms with E-state index in [1.54, 1.807) is 30.3 Å². The predicted molar refractivity (Wildman–Crippen MR) is 139 cm³/mol. The van der Waals surface area contributed by atoms with Crippen LogP contribution in [0, 0.1) is 16.3 Å². The van der Waals surface area contributed by atoms with Gasteiger partial charge in [-0.3, -0.25) is 9.69 Å². The van der Waals surface area contributed by atoms with Gasteiger partial charge < -0.3 is 14.8 Å². The minimum Gasteiger partial charge on any atom is -0.490 e. The van der Waals surface area contributed by atoms with Gasteiger partial charge in [0, 0.05) is 5.56 Å². The molecule has 0 radical (unpaired) electrons. The predicted octanol–water partition coefficient (Wildman–Crippen LogP) is 5.81. The summed E-state index contributed by atoms with van der Waals surface area (Å²) in [4.78, 5) is 26.3. The van der Waals surface area contributed by atoms with Gasteiger partial charge in [-0.15, -0.1) is 0 Å². The number of carbonyl (C=O) groups excluding carboxylic acids is 2. The van der Waals surface area contributed by atoms with Gasteiger partial charge in [0.1, 0.15) is 18.1 Å². The number of aryl methyl sites for hydroxylation is 1. The summed E-state index contributed by atoms with van der Waals surface area (Å²) in [5, 5.41) is 2.58. The molecule has 35 heavy (non-hydrogen) atoms. The van der Waals surface area contributed by atoms with Crippen LogP contribution in [0.3, 0.4) is 0 Å². The fourth-order valence-electron chi connectivity index (χ4n) is 3.71. The van der Waals surface area contributed by atoms with Gasteiger partial charge in [0.2, 0.25) is 0 Å². The van der Waals surface area contributed by atoms with E-state index in [9.17, 15) is 14.0 Å². The maximum absolute atomic E-state index is 14.0. The smallest absolute Gasteiger partial charge is 0.329 e. The molecule has 1 N–H and O–H groups in total. The molecular formula is C27H24FIN2O4. The highest BCUT2D eigenvalue weighted by molar-refractivity contribution is 14.1. The minimum absolute atomic E-state index is 0.109. The van der Waals surface area contributed by atoms with E-state index in [0.29, 0.717) is 30.3 Å². The standard InChI is InChI=1S/C27H24FIN2O4/c1-3-34-24-14-19(12-22(29)25(24)35-16-18-8-6-7-17(2)11-18)13-23-26(32)31(27(33)30-23)15-20-9-4-5-10-21(20)28/h4-14H,3,15-16H2,1-2H3,(H,30,33)/b23-13+. The summed E-state index contributed by atoms with van der Waals surface area (Å²) in [7, 11) is 0. The molecule has 3 aromatic rings. The zero-order chi connectivity index (χ0) is 24.9. The number of nitrogens with one attached hydrogen (secondary N) is 1. The first-order valence-corrected chi connectivity index (χ1v) is 12.2. The first kappa shape index (κ1) is 24.7. The first-order chi connectivity index (χ1) is 16.9. The number of amides is 3. The second-order valence-corrected chi connectivity index (χ2v) is 9.17. The Morgan fingerprint density at radius 2 is 1.86 bits per heavy atom. The Kier molecular flexibility index (Phi) is 7.70. The van der Waals surface area contributed by atoms with Crippen LogP contribution in [-0.4, -0.2) is 23.4 Å². The van der Waals surface area contributed by atoms with Gasteiger partial charge in [0.05, 0.1) is 16.7 Å². The minimum atomic E-state index is -0.595. The lowest BCUT2D eigenvalue weighted by molar-refractivity contribution is -0.123. The molecule has 0 saturated carbocycles. The molecule has 3 amide bonds. The molecule has 0 bridgehead atoms. The van der Waals surface area contributed by atoms with Crippen LogP contribution in [0.15, 0.2) is 66.4 Å². The highest BCUT2D eigenvalue weighted by Crippen LogP contribution is 2.36. The summed E-state index contributed by atoms with van der Waals surface area (Å²) in [6.07, 6.45) is 1.58. The highest BCUT2D eigenvalue weighted by Gasteiger charge is 2.34. The summed E-state index contributed by atoms with van der Waals surface area (Å²) in [6, 6.07) is 17.2. The number of carbonyl (C=O) groups is 2. The van der Waals surface area contributed by atoms with Crippen molar-refractivity contribution in [3.8, 4) is 11.5 Å². The third-order valence-corrected chi connectivity index (χ3v) is 6.16. The lowest BCUT2D eigenvalue weighted by Crippen LogP contribution is -2.30. The summed E-state index contributed by atoms with van der Waals surface area (Å²) in [5.74, 6) is 0.159. The van der Waals surface area contributed by atoms with Crippen molar-refractivity contribution in [1.29, 1.82) is 0 Å². The molecule has 4 rings (SSSR count). The average Bonchev–Trinajstić information content (AvgIpc) is 3.07. The van der Waals surface area contributed by atoms with Crippen molar-refractivity contribution >= 4 is 40.6 Å². The van der Waals surface area contributed by atoms with E-state index in [1.165, 1.54) is 6.07 Å². The number of urea groups is 1. The number of ether oxygens (including phenoxy) is 2. The molecule has 0 aromatic heterocycles. The average molecular weight is 586 g/mol. The summed E-state index contributed by atoms with van der Waals surface area (Å²) in [6.45, 7) is 4.58. The van der Waals surface area contributed by atoms with Gasteiger partial charge in [0.25, 0.3) is 5.91 Å².